The predicted octanol–water partition coefficient (Wildman–Crippen LogP) is 4.48. The Hall–Kier alpha value is -2.19. The number of benzene rings is 1. The average molecular weight is 438 g/mol. The standard InChI is InChI=1S/C21H27NO5S2/c1-5-27-21(24)19-17(16-10-8-15(9-11-16)14(2)3)13-28-20(19)22-18(23)7-6-12-29(4,25)26/h8-11,13-14H,5-7,12H2,1-4H3,(H,22,23). The fraction of sp³-hybridized carbons (Fsp3) is 0.429. The summed E-state index contributed by atoms with van der Waals surface area (Å²) < 4.78 is 27.6. The number of esters is 1. The lowest BCUT2D eigenvalue weighted by atomic mass is 9.98. The molecule has 1 N–H and O–H groups in total. The van der Waals surface area contributed by atoms with Crippen LogP contribution in [0.15, 0.2) is 29.6 Å². The van der Waals surface area contributed by atoms with Gasteiger partial charge < -0.3 is 10.1 Å². The molecule has 0 bridgehead atoms. The molecule has 8 heteroatoms. The fourth-order valence-electron chi connectivity index (χ4n) is 2.80. The van der Waals surface area contributed by atoms with Crippen LogP contribution in [0.3, 0.4) is 0 Å². The van der Waals surface area contributed by atoms with Crippen molar-refractivity contribution in [3.8, 4) is 11.1 Å². The van der Waals surface area contributed by atoms with Crippen molar-refractivity contribution in [1.82, 2.24) is 0 Å². The lowest BCUT2D eigenvalue weighted by Gasteiger charge is -2.10. The lowest BCUT2D eigenvalue weighted by Crippen LogP contribution is -2.15. The molecule has 0 atom stereocenters. The minimum Gasteiger partial charge on any atom is -0.462 e. The zero-order valence-electron chi connectivity index (χ0n) is 17.2. The van der Waals surface area contributed by atoms with E-state index in [0.29, 0.717) is 22.0 Å². The van der Waals surface area contributed by atoms with Gasteiger partial charge in [0.1, 0.15) is 20.4 Å². The molecule has 0 saturated heterocycles. The van der Waals surface area contributed by atoms with Crippen molar-refractivity contribution in [1.29, 1.82) is 0 Å². The van der Waals surface area contributed by atoms with E-state index >= 15 is 0 Å². The number of anilines is 1. The van der Waals surface area contributed by atoms with Gasteiger partial charge in [0, 0.05) is 23.6 Å². The monoisotopic (exact) mass is 437 g/mol. The summed E-state index contributed by atoms with van der Waals surface area (Å²) in [6.07, 6.45) is 1.43. The zero-order chi connectivity index (χ0) is 21.6. The van der Waals surface area contributed by atoms with Gasteiger partial charge >= 0.3 is 5.97 Å². The first-order chi connectivity index (χ1) is 13.6. The maximum Gasteiger partial charge on any atom is 0.341 e. The van der Waals surface area contributed by atoms with Gasteiger partial charge in [0.25, 0.3) is 0 Å². The van der Waals surface area contributed by atoms with Crippen molar-refractivity contribution >= 4 is 38.1 Å². The van der Waals surface area contributed by atoms with Gasteiger partial charge in [-0.1, -0.05) is 38.1 Å². The van der Waals surface area contributed by atoms with E-state index in [1.165, 1.54) is 16.9 Å². The van der Waals surface area contributed by atoms with Crippen LogP contribution in [-0.2, 0) is 19.4 Å². The van der Waals surface area contributed by atoms with Crippen LogP contribution in [-0.4, -0.2) is 38.9 Å². The lowest BCUT2D eigenvalue weighted by molar-refractivity contribution is -0.116. The van der Waals surface area contributed by atoms with Crippen molar-refractivity contribution < 1.29 is 22.7 Å². The molecule has 0 aliphatic rings. The van der Waals surface area contributed by atoms with E-state index in [-0.39, 0.29) is 31.1 Å². The van der Waals surface area contributed by atoms with E-state index in [4.69, 9.17) is 4.74 Å². The molecule has 2 rings (SSSR count). The maximum absolute atomic E-state index is 12.6. The molecule has 1 amide bonds. The summed E-state index contributed by atoms with van der Waals surface area (Å²) in [5, 5.41) is 4.97. The van der Waals surface area contributed by atoms with Crippen LogP contribution >= 0.6 is 11.3 Å². The van der Waals surface area contributed by atoms with Crippen molar-refractivity contribution in [2.45, 2.75) is 39.5 Å². The molecule has 0 fully saturated rings. The zero-order valence-corrected chi connectivity index (χ0v) is 18.8. The van der Waals surface area contributed by atoms with Gasteiger partial charge in [-0.3, -0.25) is 4.79 Å². The first-order valence-electron chi connectivity index (χ1n) is 9.49. The first kappa shape index (κ1) is 23.1. The number of carbonyl (C=O) groups excluding carboxylic acids is 2. The molecule has 158 valence electrons. The van der Waals surface area contributed by atoms with Crippen molar-refractivity contribution in [3.05, 3.63) is 40.8 Å². The second-order valence-electron chi connectivity index (χ2n) is 7.13. The van der Waals surface area contributed by atoms with Gasteiger partial charge in [-0.25, -0.2) is 13.2 Å². The molecule has 6 nitrogen and oxygen atoms in total. The quantitative estimate of drug-likeness (QED) is 0.584. The van der Waals surface area contributed by atoms with Gasteiger partial charge in [0.15, 0.2) is 0 Å². The molecule has 0 saturated carbocycles. The number of hydrogen-bond acceptors (Lipinski definition) is 6. The summed E-state index contributed by atoms with van der Waals surface area (Å²) in [6, 6.07) is 7.96. The van der Waals surface area contributed by atoms with Crippen LogP contribution < -0.4 is 5.32 Å². The summed E-state index contributed by atoms with van der Waals surface area (Å²) >= 11 is 1.25. The van der Waals surface area contributed by atoms with E-state index < -0.39 is 15.8 Å². The highest BCUT2D eigenvalue weighted by molar-refractivity contribution is 7.90. The van der Waals surface area contributed by atoms with Crippen LogP contribution in [0.25, 0.3) is 11.1 Å². The molecule has 1 aromatic heterocycles. The van der Waals surface area contributed by atoms with Gasteiger partial charge in [0.05, 0.1) is 12.4 Å². The minimum atomic E-state index is -3.11. The normalized spacial score (nSPS) is 11.5. The van der Waals surface area contributed by atoms with Crippen LogP contribution in [0, 0.1) is 0 Å². The minimum absolute atomic E-state index is 0.0525. The Morgan fingerprint density at radius 2 is 1.83 bits per heavy atom. The molecule has 0 aliphatic heterocycles. The topological polar surface area (TPSA) is 89.5 Å². The Labute approximate surface area is 176 Å². The van der Waals surface area contributed by atoms with Crippen molar-refractivity contribution in [2.75, 3.05) is 23.9 Å². The fourth-order valence-corrected chi connectivity index (χ4v) is 4.44. The highest BCUT2D eigenvalue weighted by Gasteiger charge is 2.23. The second kappa shape index (κ2) is 10.0. The molecule has 1 heterocycles. The Bertz CT molecular complexity index is 959. The van der Waals surface area contributed by atoms with Crippen LogP contribution in [0.1, 0.15) is 55.5 Å². The number of thiophene rings is 1. The third-order valence-electron chi connectivity index (χ3n) is 4.33. The molecule has 0 aliphatic carbocycles. The molecule has 0 radical (unpaired) electrons. The molecular formula is C21H27NO5S2. The number of rotatable bonds is 9. The number of sulfone groups is 1. The van der Waals surface area contributed by atoms with E-state index in [1.807, 2.05) is 29.6 Å². The van der Waals surface area contributed by atoms with Gasteiger partial charge in [-0.2, -0.15) is 0 Å². The molecule has 29 heavy (non-hydrogen) atoms. The highest BCUT2D eigenvalue weighted by Crippen LogP contribution is 2.36. The third-order valence-corrected chi connectivity index (χ3v) is 6.26. The van der Waals surface area contributed by atoms with Crippen LogP contribution in [0.4, 0.5) is 5.00 Å². The molecular weight excluding hydrogens is 410 g/mol. The predicted molar refractivity (Wildman–Crippen MR) is 117 cm³/mol. The van der Waals surface area contributed by atoms with E-state index in [9.17, 15) is 18.0 Å². The maximum atomic E-state index is 12.6. The first-order valence-corrected chi connectivity index (χ1v) is 12.4. The number of carbonyl (C=O) groups is 2. The van der Waals surface area contributed by atoms with Gasteiger partial charge in [-0.15, -0.1) is 11.3 Å². The molecule has 0 spiro atoms. The third kappa shape index (κ3) is 6.68. The number of amides is 1. The molecule has 2 aromatic rings. The number of hydrogen-bond donors (Lipinski definition) is 1. The Kier molecular flexibility index (Phi) is 7.98. The highest BCUT2D eigenvalue weighted by atomic mass is 32.2. The van der Waals surface area contributed by atoms with E-state index in [0.717, 1.165) is 11.8 Å². The van der Waals surface area contributed by atoms with Crippen LogP contribution in [0.5, 0.6) is 0 Å². The average Bonchev–Trinajstić information content (AvgIpc) is 3.04. The van der Waals surface area contributed by atoms with Gasteiger partial charge in [0.2, 0.25) is 5.91 Å². The molecule has 0 unspecified atom stereocenters. The summed E-state index contributed by atoms with van der Waals surface area (Å²) in [5.41, 5.74) is 3.09. The van der Waals surface area contributed by atoms with Crippen LogP contribution in [0.2, 0.25) is 0 Å². The largest absolute Gasteiger partial charge is 0.462 e. The van der Waals surface area contributed by atoms with Crippen molar-refractivity contribution in [3.63, 3.8) is 0 Å². The van der Waals surface area contributed by atoms with Crippen molar-refractivity contribution in [2.24, 2.45) is 0 Å². The Balaban J connectivity index is 2.26. The SMILES string of the molecule is CCOC(=O)c1c(-c2ccc(C(C)C)cc2)csc1NC(=O)CCCS(C)(=O)=O. The summed E-state index contributed by atoms with van der Waals surface area (Å²) in [5.74, 6) is -0.480. The smallest absolute Gasteiger partial charge is 0.341 e. The van der Waals surface area contributed by atoms with E-state index in [2.05, 4.69) is 19.2 Å². The summed E-state index contributed by atoms with van der Waals surface area (Å²) in [4.78, 5) is 24.8. The number of nitrogens with one attached hydrogen (secondary N) is 1. The number of ether oxygens (including phenoxy) is 1. The molecule has 1 aromatic carbocycles. The Morgan fingerprint density at radius 3 is 2.38 bits per heavy atom. The Morgan fingerprint density at radius 1 is 1.17 bits per heavy atom. The summed E-state index contributed by atoms with van der Waals surface area (Å²) in [7, 11) is -3.11. The van der Waals surface area contributed by atoms with Gasteiger partial charge in [-0.05, 0) is 30.4 Å². The summed E-state index contributed by atoms with van der Waals surface area (Å²) in [6.45, 7) is 6.18. The second-order valence-corrected chi connectivity index (χ2v) is 10.3. The van der Waals surface area contributed by atoms with E-state index in [1.54, 1.807) is 6.92 Å².